The van der Waals surface area contributed by atoms with Crippen LogP contribution in [0.1, 0.15) is 54.4 Å². The first kappa shape index (κ1) is 19.9. The van der Waals surface area contributed by atoms with Crippen LogP contribution in [-0.4, -0.2) is 19.0 Å². The summed E-state index contributed by atoms with van der Waals surface area (Å²) in [6.45, 7) is 14.7. The Morgan fingerprint density at radius 2 is 1.26 bits per heavy atom. The van der Waals surface area contributed by atoms with Gasteiger partial charge in [-0.05, 0) is 42.4 Å². The van der Waals surface area contributed by atoms with E-state index in [1.54, 1.807) is 11.4 Å². The van der Waals surface area contributed by atoms with Crippen molar-refractivity contribution in [1.82, 2.24) is 0 Å². The molecule has 0 rings (SSSR count). The van der Waals surface area contributed by atoms with Crippen LogP contribution in [0.25, 0.3) is 0 Å². The van der Waals surface area contributed by atoms with Gasteiger partial charge in [-0.15, -0.1) is 0 Å². The quantitative estimate of drug-likeness (QED) is 0.451. The van der Waals surface area contributed by atoms with Crippen LogP contribution in [0, 0.1) is 17.8 Å². The molecule has 0 aromatic heterocycles. The highest BCUT2D eigenvalue weighted by molar-refractivity contribution is 8.67. The molecule has 0 atom stereocenters. The second-order valence-electron chi connectivity index (χ2n) is 6.17. The molecule has 5 heteroatoms. The maximum atomic E-state index is 5.94. The Morgan fingerprint density at radius 1 is 0.842 bits per heavy atom. The molecule has 0 saturated carbocycles. The van der Waals surface area contributed by atoms with Crippen molar-refractivity contribution in [1.29, 1.82) is 0 Å². The molecule has 0 fully saturated rings. The molecule has 0 N–H and O–H groups in total. The Morgan fingerprint density at radius 3 is 1.58 bits per heavy atom. The van der Waals surface area contributed by atoms with E-state index in [1.807, 2.05) is 0 Å². The maximum Gasteiger partial charge on any atom is 0.247 e. The average Bonchev–Trinajstić information content (AvgIpc) is 2.25. The molecular weight excluding hydrogens is 295 g/mol. The fourth-order valence-electron chi connectivity index (χ4n) is 1.15. The lowest BCUT2D eigenvalue weighted by atomic mass is 10.2. The summed E-state index contributed by atoms with van der Waals surface area (Å²) in [5.74, 6) is 2.93. The summed E-state index contributed by atoms with van der Waals surface area (Å²) in [6.07, 6.45) is 2.10. The molecule has 0 aromatic rings. The Labute approximate surface area is 129 Å². The summed E-state index contributed by atoms with van der Waals surface area (Å²) in [5, 5.41) is 0. The third-order valence-corrected chi connectivity index (χ3v) is 8.19. The monoisotopic (exact) mass is 326 g/mol. The number of hydrogen-bond acceptors (Lipinski definition) is 4. The fourth-order valence-corrected chi connectivity index (χ4v) is 5.85. The number of hydrogen-bond donors (Lipinski definition) is 0. The van der Waals surface area contributed by atoms with Gasteiger partial charge in [0.2, 0.25) is 5.69 Å². The minimum atomic E-state index is -2.14. The van der Waals surface area contributed by atoms with Crippen LogP contribution in [0.2, 0.25) is 0 Å². The van der Waals surface area contributed by atoms with Crippen molar-refractivity contribution in [2.75, 3.05) is 19.0 Å². The first-order chi connectivity index (χ1) is 8.75. The summed E-state index contributed by atoms with van der Waals surface area (Å²) in [6, 6.07) is 0. The Kier molecular flexibility index (Phi) is 11.1. The van der Waals surface area contributed by atoms with Crippen LogP contribution in [0.15, 0.2) is 0 Å². The van der Waals surface area contributed by atoms with Gasteiger partial charge in [0.25, 0.3) is 0 Å². The third kappa shape index (κ3) is 12.4. The lowest BCUT2D eigenvalue weighted by molar-refractivity contribution is 0.237. The molecule has 0 heterocycles. The molecule has 0 unspecified atom stereocenters. The van der Waals surface area contributed by atoms with E-state index in [0.717, 1.165) is 31.8 Å². The molecule has 19 heavy (non-hydrogen) atoms. The van der Waals surface area contributed by atoms with E-state index >= 15 is 0 Å². The SMILES string of the molecule is CC(C)CCOP(=S)(OCCC(C)C)SCC(C)C. The van der Waals surface area contributed by atoms with Gasteiger partial charge in [-0.25, -0.2) is 0 Å². The van der Waals surface area contributed by atoms with Crippen molar-refractivity contribution < 1.29 is 9.05 Å². The van der Waals surface area contributed by atoms with Crippen LogP contribution < -0.4 is 0 Å². The van der Waals surface area contributed by atoms with E-state index in [9.17, 15) is 0 Å². The van der Waals surface area contributed by atoms with Crippen molar-refractivity contribution in [3.8, 4) is 0 Å². The van der Waals surface area contributed by atoms with E-state index in [4.69, 9.17) is 20.9 Å². The molecule has 0 bridgehead atoms. The molecular formula is C14H31O2PS2. The van der Waals surface area contributed by atoms with Gasteiger partial charge in [-0.2, -0.15) is 0 Å². The standard InChI is InChI=1S/C14H31O2PS2/c1-12(2)7-9-15-17(18,19-11-14(5)6)16-10-8-13(3)4/h12-14H,7-11H2,1-6H3. The average molecular weight is 327 g/mol. The third-order valence-electron chi connectivity index (χ3n) is 2.46. The van der Waals surface area contributed by atoms with Gasteiger partial charge < -0.3 is 9.05 Å². The molecule has 0 amide bonds. The van der Waals surface area contributed by atoms with E-state index in [1.165, 1.54) is 0 Å². The molecule has 0 aliphatic heterocycles. The van der Waals surface area contributed by atoms with E-state index in [2.05, 4.69) is 41.5 Å². The zero-order valence-corrected chi connectivity index (χ0v) is 15.9. The molecule has 2 nitrogen and oxygen atoms in total. The van der Waals surface area contributed by atoms with Gasteiger partial charge in [0.15, 0.2) is 0 Å². The highest BCUT2D eigenvalue weighted by atomic mass is 32.9. The van der Waals surface area contributed by atoms with Crippen molar-refractivity contribution >= 4 is 28.9 Å². The molecule has 116 valence electrons. The summed E-state index contributed by atoms with van der Waals surface area (Å²) in [7, 11) is 0. The summed E-state index contributed by atoms with van der Waals surface area (Å²) in [5.41, 5.74) is -2.14. The van der Waals surface area contributed by atoms with Gasteiger partial charge in [0, 0.05) is 5.75 Å². The van der Waals surface area contributed by atoms with Crippen LogP contribution in [0.3, 0.4) is 0 Å². The molecule has 0 aliphatic rings. The predicted octanol–water partition coefficient (Wildman–Crippen LogP) is 5.73. The van der Waals surface area contributed by atoms with E-state index in [0.29, 0.717) is 17.8 Å². The molecule has 0 radical (unpaired) electrons. The molecule has 0 aliphatic carbocycles. The summed E-state index contributed by atoms with van der Waals surface area (Å²) in [4.78, 5) is 0. The molecule has 0 aromatic carbocycles. The van der Waals surface area contributed by atoms with Crippen LogP contribution in [0.4, 0.5) is 0 Å². The van der Waals surface area contributed by atoms with Gasteiger partial charge >= 0.3 is 0 Å². The van der Waals surface area contributed by atoms with E-state index < -0.39 is 5.69 Å². The molecule has 0 saturated heterocycles. The van der Waals surface area contributed by atoms with Crippen LogP contribution in [0.5, 0.6) is 0 Å². The summed E-state index contributed by atoms with van der Waals surface area (Å²) < 4.78 is 11.9. The molecule has 0 spiro atoms. The van der Waals surface area contributed by atoms with Crippen molar-refractivity contribution in [3.63, 3.8) is 0 Å². The highest BCUT2D eigenvalue weighted by Gasteiger charge is 2.21. The second-order valence-corrected chi connectivity index (χ2v) is 12.5. The topological polar surface area (TPSA) is 18.5 Å². The lowest BCUT2D eigenvalue weighted by Crippen LogP contribution is -2.03. The smallest absolute Gasteiger partial charge is 0.247 e. The van der Waals surface area contributed by atoms with Gasteiger partial charge in [-0.1, -0.05) is 52.9 Å². The fraction of sp³-hybridized carbons (Fsp3) is 1.00. The largest absolute Gasteiger partial charge is 0.322 e. The lowest BCUT2D eigenvalue weighted by Gasteiger charge is -2.23. The van der Waals surface area contributed by atoms with Gasteiger partial charge in [0.05, 0.1) is 13.2 Å². The maximum absolute atomic E-state index is 5.94. The Balaban J connectivity index is 4.23. The second kappa shape index (κ2) is 10.6. The minimum Gasteiger partial charge on any atom is -0.322 e. The van der Waals surface area contributed by atoms with Crippen molar-refractivity contribution in [2.24, 2.45) is 17.8 Å². The first-order valence-electron chi connectivity index (χ1n) is 7.29. The number of rotatable bonds is 11. The highest BCUT2D eigenvalue weighted by Crippen LogP contribution is 2.61. The Bertz CT molecular complexity index is 250. The van der Waals surface area contributed by atoms with Crippen LogP contribution in [-0.2, 0) is 20.9 Å². The summed E-state index contributed by atoms with van der Waals surface area (Å²) >= 11 is 7.37. The van der Waals surface area contributed by atoms with Crippen molar-refractivity contribution in [3.05, 3.63) is 0 Å². The minimum absolute atomic E-state index is 0.620. The van der Waals surface area contributed by atoms with Gasteiger partial charge in [-0.3, -0.25) is 0 Å². The van der Waals surface area contributed by atoms with E-state index in [-0.39, 0.29) is 0 Å². The zero-order valence-electron chi connectivity index (χ0n) is 13.3. The Hall–Kier alpha value is 0.920. The van der Waals surface area contributed by atoms with Crippen molar-refractivity contribution in [2.45, 2.75) is 54.4 Å². The first-order valence-corrected chi connectivity index (χ1v) is 11.5. The normalized spacial score (nSPS) is 12.9. The zero-order chi connectivity index (χ0) is 14.9. The van der Waals surface area contributed by atoms with Crippen LogP contribution >= 0.6 is 17.1 Å². The predicted molar refractivity (Wildman–Crippen MR) is 92.4 cm³/mol. The van der Waals surface area contributed by atoms with Gasteiger partial charge in [0.1, 0.15) is 0 Å².